The quantitative estimate of drug-likeness (QED) is 0.930. The van der Waals surface area contributed by atoms with Crippen molar-refractivity contribution in [3.05, 3.63) is 29.8 Å². The van der Waals surface area contributed by atoms with Gasteiger partial charge < -0.3 is 19.9 Å². The SMILES string of the molecule is C[C@@H](N)c1ccc(OC2CCOC3(CCOCC3)C2)cc1. The summed E-state index contributed by atoms with van der Waals surface area (Å²) < 4.78 is 17.7. The predicted octanol–water partition coefficient (Wildman–Crippen LogP) is 2.81. The summed E-state index contributed by atoms with van der Waals surface area (Å²) in [4.78, 5) is 0. The lowest BCUT2D eigenvalue weighted by atomic mass is 9.85. The Labute approximate surface area is 126 Å². The summed E-state index contributed by atoms with van der Waals surface area (Å²) >= 11 is 0. The Morgan fingerprint density at radius 1 is 1.19 bits per heavy atom. The smallest absolute Gasteiger partial charge is 0.119 e. The van der Waals surface area contributed by atoms with Gasteiger partial charge in [0.05, 0.1) is 12.2 Å². The van der Waals surface area contributed by atoms with Crippen LogP contribution in [0.5, 0.6) is 5.75 Å². The molecule has 2 N–H and O–H groups in total. The molecular weight excluding hydrogens is 266 g/mol. The minimum atomic E-state index is -0.0210. The molecule has 0 aliphatic carbocycles. The minimum absolute atomic E-state index is 0.0210. The Balaban J connectivity index is 1.61. The second kappa shape index (κ2) is 6.34. The van der Waals surface area contributed by atoms with Gasteiger partial charge >= 0.3 is 0 Å². The second-order valence-electron chi connectivity index (χ2n) is 6.23. The number of ether oxygens (including phenoxy) is 3. The van der Waals surface area contributed by atoms with Crippen LogP contribution in [0.2, 0.25) is 0 Å². The number of hydrogen-bond acceptors (Lipinski definition) is 4. The molecule has 0 amide bonds. The van der Waals surface area contributed by atoms with Crippen LogP contribution in [0.3, 0.4) is 0 Å². The van der Waals surface area contributed by atoms with E-state index in [2.05, 4.69) is 0 Å². The van der Waals surface area contributed by atoms with Crippen molar-refractivity contribution in [2.24, 2.45) is 5.73 Å². The van der Waals surface area contributed by atoms with E-state index in [0.29, 0.717) is 0 Å². The van der Waals surface area contributed by atoms with E-state index in [1.54, 1.807) is 0 Å². The lowest BCUT2D eigenvalue weighted by Gasteiger charge is -2.43. The van der Waals surface area contributed by atoms with Gasteiger partial charge in [0, 0.05) is 32.1 Å². The fraction of sp³-hybridized carbons (Fsp3) is 0.647. The Hall–Kier alpha value is -1.10. The molecule has 1 unspecified atom stereocenters. The number of benzene rings is 1. The van der Waals surface area contributed by atoms with E-state index >= 15 is 0 Å². The summed E-state index contributed by atoms with van der Waals surface area (Å²) in [5.74, 6) is 0.925. The second-order valence-corrected chi connectivity index (χ2v) is 6.23. The molecule has 1 spiro atoms. The zero-order chi connectivity index (χ0) is 14.7. The van der Waals surface area contributed by atoms with Crippen molar-refractivity contribution in [3.63, 3.8) is 0 Å². The molecule has 0 bridgehead atoms. The van der Waals surface area contributed by atoms with Crippen LogP contribution in [0.4, 0.5) is 0 Å². The van der Waals surface area contributed by atoms with Gasteiger partial charge in [0.25, 0.3) is 0 Å². The van der Waals surface area contributed by atoms with Gasteiger partial charge in [-0.05, 0) is 37.5 Å². The average molecular weight is 291 g/mol. The molecule has 1 aromatic rings. The Morgan fingerprint density at radius 3 is 2.57 bits per heavy atom. The molecule has 2 atom stereocenters. The first kappa shape index (κ1) is 14.8. The van der Waals surface area contributed by atoms with E-state index in [0.717, 1.165) is 56.8 Å². The normalized spacial score (nSPS) is 26.5. The van der Waals surface area contributed by atoms with Gasteiger partial charge in [0.2, 0.25) is 0 Å². The first-order valence-corrected chi connectivity index (χ1v) is 7.91. The topological polar surface area (TPSA) is 53.7 Å². The zero-order valence-electron chi connectivity index (χ0n) is 12.7. The van der Waals surface area contributed by atoms with Crippen LogP contribution in [-0.2, 0) is 9.47 Å². The first-order chi connectivity index (χ1) is 10.2. The van der Waals surface area contributed by atoms with Crippen molar-refractivity contribution >= 4 is 0 Å². The molecule has 0 saturated carbocycles. The summed E-state index contributed by atoms with van der Waals surface area (Å²) in [6.45, 7) is 4.37. The van der Waals surface area contributed by atoms with E-state index in [9.17, 15) is 0 Å². The largest absolute Gasteiger partial charge is 0.490 e. The van der Waals surface area contributed by atoms with Crippen LogP contribution in [-0.4, -0.2) is 31.5 Å². The third-order valence-electron chi connectivity index (χ3n) is 4.56. The molecule has 4 heteroatoms. The maximum atomic E-state index is 6.16. The van der Waals surface area contributed by atoms with Crippen molar-refractivity contribution in [3.8, 4) is 5.75 Å². The molecule has 116 valence electrons. The highest BCUT2D eigenvalue weighted by Gasteiger charge is 2.39. The van der Waals surface area contributed by atoms with Gasteiger partial charge in [-0.15, -0.1) is 0 Å². The molecule has 2 aliphatic rings. The number of rotatable bonds is 3. The summed E-state index contributed by atoms with van der Waals surface area (Å²) in [5.41, 5.74) is 6.99. The van der Waals surface area contributed by atoms with E-state index < -0.39 is 0 Å². The maximum Gasteiger partial charge on any atom is 0.119 e. The molecule has 2 fully saturated rings. The zero-order valence-corrected chi connectivity index (χ0v) is 12.7. The van der Waals surface area contributed by atoms with Gasteiger partial charge in [-0.2, -0.15) is 0 Å². The molecule has 2 aliphatic heterocycles. The van der Waals surface area contributed by atoms with Crippen molar-refractivity contribution in [1.29, 1.82) is 0 Å². The highest BCUT2D eigenvalue weighted by atomic mass is 16.5. The lowest BCUT2D eigenvalue weighted by molar-refractivity contribution is -0.155. The van der Waals surface area contributed by atoms with Gasteiger partial charge in [0.1, 0.15) is 11.9 Å². The lowest BCUT2D eigenvalue weighted by Crippen LogP contribution is -2.47. The molecule has 0 radical (unpaired) electrons. The van der Waals surface area contributed by atoms with Crippen molar-refractivity contribution in [2.45, 2.75) is 50.4 Å². The van der Waals surface area contributed by atoms with Crippen LogP contribution in [0.1, 0.15) is 44.2 Å². The highest BCUT2D eigenvalue weighted by molar-refractivity contribution is 5.29. The van der Waals surface area contributed by atoms with Gasteiger partial charge in [-0.3, -0.25) is 0 Å². The minimum Gasteiger partial charge on any atom is -0.490 e. The van der Waals surface area contributed by atoms with Gasteiger partial charge in [-0.1, -0.05) is 12.1 Å². The Kier molecular flexibility index (Phi) is 4.48. The van der Waals surface area contributed by atoms with Crippen LogP contribution < -0.4 is 10.5 Å². The van der Waals surface area contributed by atoms with Gasteiger partial charge in [-0.25, -0.2) is 0 Å². The van der Waals surface area contributed by atoms with Crippen molar-refractivity contribution in [1.82, 2.24) is 0 Å². The summed E-state index contributed by atoms with van der Waals surface area (Å²) in [6.07, 6.45) is 4.12. The Bertz CT molecular complexity index is 446. The molecular formula is C17H25NO3. The average Bonchev–Trinajstić information content (AvgIpc) is 2.49. The van der Waals surface area contributed by atoms with Crippen molar-refractivity contribution < 1.29 is 14.2 Å². The first-order valence-electron chi connectivity index (χ1n) is 7.91. The fourth-order valence-corrected chi connectivity index (χ4v) is 3.22. The number of nitrogens with two attached hydrogens (primary N) is 1. The molecule has 0 aromatic heterocycles. The monoisotopic (exact) mass is 291 g/mol. The predicted molar refractivity (Wildman–Crippen MR) is 81.4 cm³/mol. The van der Waals surface area contributed by atoms with E-state index in [-0.39, 0.29) is 17.7 Å². The molecule has 2 heterocycles. The van der Waals surface area contributed by atoms with Crippen LogP contribution in [0.25, 0.3) is 0 Å². The van der Waals surface area contributed by atoms with Crippen LogP contribution in [0, 0.1) is 0 Å². The van der Waals surface area contributed by atoms with E-state index in [1.807, 2.05) is 31.2 Å². The molecule has 3 rings (SSSR count). The third kappa shape index (κ3) is 3.57. The summed E-state index contributed by atoms with van der Waals surface area (Å²) in [6, 6.07) is 8.19. The van der Waals surface area contributed by atoms with Crippen LogP contribution in [0.15, 0.2) is 24.3 Å². The molecule has 2 saturated heterocycles. The molecule has 1 aromatic carbocycles. The Morgan fingerprint density at radius 2 is 1.90 bits per heavy atom. The van der Waals surface area contributed by atoms with E-state index in [4.69, 9.17) is 19.9 Å². The molecule has 21 heavy (non-hydrogen) atoms. The molecule has 4 nitrogen and oxygen atoms in total. The van der Waals surface area contributed by atoms with Crippen molar-refractivity contribution in [2.75, 3.05) is 19.8 Å². The summed E-state index contributed by atoms with van der Waals surface area (Å²) in [7, 11) is 0. The number of hydrogen-bond donors (Lipinski definition) is 1. The standard InChI is InChI=1S/C17H25NO3/c1-13(18)14-2-4-15(5-3-14)21-16-6-9-20-17(12-16)7-10-19-11-8-17/h2-5,13,16H,6-12,18H2,1H3/t13-,16?/m1/s1. The summed E-state index contributed by atoms with van der Waals surface area (Å²) in [5, 5.41) is 0. The van der Waals surface area contributed by atoms with Crippen LogP contribution >= 0.6 is 0 Å². The highest BCUT2D eigenvalue weighted by Crippen LogP contribution is 2.35. The van der Waals surface area contributed by atoms with Gasteiger partial charge in [0.15, 0.2) is 0 Å². The maximum absolute atomic E-state index is 6.16. The van der Waals surface area contributed by atoms with E-state index in [1.165, 1.54) is 0 Å². The third-order valence-corrected chi connectivity index (χ3v) is 4.56. The fourth-order valence-electron chi connectivity index (χ4n) is 3.22.